The van der Waals surface area contributed by atoms with Crippen LogP contribution in [0.3, 0.4) is 0 Å². The third-order valence-corrected chi connectivity index (χ3v) is 7.00. The van der Waals surface area contributed by atoms with Gasteiger partial charge in [-0.25, -0.2) is 0 Å². The number of carbonyl (C=O) groups excluding carboxylic acids is 2. The van der Waals surface area contributed by atoms with E-state index in [2.05, 4.69) is 17.4 Å². The van der Waals surface area contributed by atoms with E-state index in [1.54, 1.807) is 0 Å². The van der Waals surface area contributed by atoms with Gasteiger partial charge >= 0.3 is 0 Å². The quantitative estimate of drug-likeness (QED) is 0.754. The average molecular weight is 342 g/mol. The topological polar surface area (TPSA) is 92.4 Å². The number of hydrogen-bond acceptors (Lipinski definition) is 3. The molecule has 0 aromatic heterocycles. The average Bonchev–Trinajstić information content (AvgIpc) is 2.59. The monoisotopic (exact) mass is 342 g/mol. The van der Waals surface area contributed by atoms with E-state index in [9.17, 15) is 14.7 Å². The van der Waals surface area contributed by atoms with Gasteiger partial charge in [0.1, 0.15) is 0 Å². The Morgan fingerprint density at radius 1 is 1.08 bits per heavy atom. The first-order chi connectivity index (χ1) is 12.0. The maximum absolute atomic E-state index is 12.6. The molecule has 1 aromatic carbocycles. The van der Waals surface area contributed by atoms with Gasteiger partial charge < -0.3 is 16.2 Å². The van der Waals surface area contributed by atoms with Gasteiger partial charge in [-0.2, -0.15) is 0 Å². The molecule has 4 N–H and O–H groups in total. The third-order valence-electron chi connectivity index (χ3n) is 7.00. The van der Waals surface area contributed by atoms with Gasteiger partial charge in [-0.05, 0) is 54.9 Å². The Kier molecular flexibility index (Phi) is 4.07. The minimum atomic E-state index is -0.518. The lowest BCUT2D eigenvalue weighted by Gasteiger charge is -2.63. The summed E-state index contributed by atoms with van der Waals surface area (Å²) in [5.74, 6) is 0.979. The standard InChI is InChI=1S/C20H26N2O3/c21-17(23)11-22-18(24)10-20(14-4-2-1-3-5-14)15-6-12-7-16(20)9-13(8-15)19(12)25/h1-5,12-13,15-16,19,25H,6-11H2,(H2,21,23)(H,22,24). The minimum absolute atomic E-state index is 0.101. The molecule has 0 unspecified atom stereocenters. The van der Waals surface area contributed by atoms with Gasteiger partial charge in [0.25, 0.3) is 0 Å². The summed E-state index contributed by atoms with van der Waals surface area (Å²) >= 11 is 0. The van der Waals surface area contributed by atoms with Crippen LogP contribution >= 0.6 is 0 Å². The SMILES string of the molecule is NC(=O)CNC(=O)CC1(c2ccccc2)C2CC3CC1CC(C2)C3O. The van der Waals surface area contributed by atoms with E-state index in [-0.39, 0.29) is 24.0 Å². The van der Waals surface area contributed by atoms with Crippen molar-refractivity contribution >= 4 is 11.8 Å². The van der Waals surface area contributed by atoms with E-state index >= 15 is 0 Å². The number of rotatable bonds is 5. The van der Waals surface area contributed by atoms with Gasteiger partial charge in [0, 0.05) is 11.8 Å². The Morgan fingerprint density at radius 3 is 2.16 bits per heavy atom. The molecule has 4 saturated carbocycles. The molecular weight excluding hydrogens is 316 g/mol. The normalized spacial score (nSPS) is 38.5. The van der Waals surface area contributed by atoms with Gasteiger partial charge in [0.05, 0.1) is 12.6 Å². The van der Waals surface area contributed by atoms with Gasteiger partial charge in [-0.15, -0.1) is 0 Å². The number of benzene rings is 1. The van der Waals surface area contributed by atoms with Crippen LogP contribution in [0.1, 0.15) is 37.7 Å². The number of primary amides is 1. The number of aliphatic hydroxyl groups excluding tert-OH is 1. The fraction of sp³-hybridized carbons (Fsp3) is 0.600. The summed E-state index contributed by atoms with van der Waals surface area (Å²) in [5, 5.41) is 13.1. The van der Waals surface area contributed by atoms with Gasteiger partial charge in [0.15, 0.2) is 0 Å². The minimum Gasteiger partial charge on any atom is -0.393 e. The largest absolute Gasteiger partial charge is 0.393 e. The maximum atomic E-state index is 12.6. The van der Waals surface area contributed by atoms with Crippen molar-refractivity contribution < 1.29 is 14.7 Å². The maximum Gasteiger partial charge on any atom is 0.236 e. The molecule has 5 heteroatoms. The summed E-state index contributed by atoms with van der Waals surface area (Å²) in [6.07, 6.45) is 4.20. The molecule has 0 radical (unpaired) electrons. The summed E-state index contributed by atoms with van der Waals surface area (Å²) in [6, 6.07) is 10.4. The van der Waals surface area contributed by atoms with Crippen LogP contribution in [0.5, 0.6) is 0 Å². The second-order valence-electron chi connectivity index (χ2n) is 8.17. The van der Waals surface area contributed by atoms with Crippen molar-refractivity contribution in [1.82, 2.24) is 5.32 Å². The molecule has 0 atom stereocenters. The highest BCUT2D eigenvalue weighted by molar-refractivity contribution is 5.84. The molecule has 1 aromatic rings. The fourth-order valence-corrected chi connectivity index (χ4v) is 6.09. The van der Waals surface area contributed by atoms with Crippen LogP contribution < -0.4 is 11.1 Å². The van der Waals surface area contributed by atoms with Crippen LogP contribution in [0.4, 0.5) is 0 Å². The lowest BCUT2D eigenvalue weighted by molar-refractivity contribution is -0.147. The molecule has 4 fully saturated rings. The molecular formula is C20H26N2O3. The number of nitrogens with one attached hydrogen (secondary N) is 1. The molecule has 5 rings (SSSR count). The molecule has 25 heavy (non-hydrogen) atoms. The zero-order chi connectivity index (χ0) is 17.6. The number of nitrogens with two attached hydrogens (primary N) is 1. The van der Waals surface area contributed by atoms with Crippen molar-refractivity contribution in [2.24, 2.45) is 29.4 Å². The van der Waals surface area contributed by atoms with Crippen molar-refractivity contribution in [3.05, 3.63) is 35.9 Å². The van der Waals surface area contributed by atoms with Crippen LogP contribution in [-0.2, 0) is 15.0 Å². The predicted octanol–water partition coefficient (Wildman–Crippen LogP) is 1.34. The van der Waals surface area contributed by atoms with Crippen LogP contribution in [0.15, 0.2) is 30.3 Å². The van der Waals surface area contributed by atoms with Crippen LogP contribution in [0.2, 0.25) is 0 Å². The number of aliphatic hydroxyl groups is 1. The molecule has 5 nitrogen and oxygen atoms in total. The van der Waals surface area contributed by atoms with Crippen molar-refractivity contribution in [2.75, 3.05) is 6.54 Å². The molecule has 0 heterocycles. The van der Waals surface area contributed by atoms with E-state index in [1.807, 2.05) is 18.2 Å². The van der Waals surface area contributed by atoms with Crippen LogP contribution in [0.25, 0.3) is 0 Å². The summed E-state index contributed by atoms with van der Waals surface area (Å²) < 4.78 is 0. The van der Waals surface area contributed by atoms with Crippen molar-refractivity contribution in [3.63, 3.8) is 0 Å². The zero-order valence-electron chi connectivity index (χ0n) is 14.4. The van der Waals surface area contributed by atoms with E-state index in [1.165, 1.54) is 5.56 Å². The summed E-state index contributed by atoms with van der Waals surface area (Å²) in [4.78, 5) is 23.6. The van der Waals surface area contributed by atoms with E-state index < -0.39 is 5.91 Å². The van der Waals surface area contributed by atoms with Gasteiger partial charge in [-0.1, -0.05) is 30.3 Å². The second kappa shape index (κ2) is 6.13. The van der Waals surface area contributed by atoms with Crippen molar-refractivity contribution in [1.29, 1.82) is 0 Å². The first-order valence-electron chi connectivity index (χ1n) is 9.29. The summed E-state index contributed by atoms with van der Waals surface area (Å²) in [5.41, 5.74) is 6.21. The molecule has 0 aliphatic heterocycles. The highest BCUT2D eigenvalue weighted by atomic mass is 16.3. The van der Waals surface area contributed by atoms with Crippen LogP contribution in [-0.4, -0.2) is 29.6 Å². The second-order valence-corrected chi connectivity index (χ2v) is 8.17. The van der Waals surface area contributed by atoms with E-state index in [0.717, 1.165) is 25.7 Å². The Labute approximate surface area is 148 Å². The lowest BCUT2D eigenvalue weighted by atomic mass is 9.42. The smallest absolute Gasteiger partial charge is 0.236 e. The zero-order valence-corrected chi connectivity index (χ0v) is 14.4. The van der Waals surface area contributed by atoms with Crippen molar-refractivity contribution in [3.8, 4) is 0 Å². The predicted molar refractivity (Wildman–Crippen MR) is 93.4 cm³/mol. The van der Waals surface area contributed by atoms with Gasteiger partial charge in [0.2, 0.25) is 11.8 Å². The molecule has 0 spiro atoms. The summed E-state index contributed by atoms with van der Waals surface area (Å²) in [7, 11) is 0. The first-order valence-corrected chi connectivity index (χ1v) is 9.29. The number of amides is 2. The molecule has 2 amide bonds. The Bertz CT molecular complexity index is 643. The molecule has 4 aliphatic rings. The lowest BCUT2D eigenvalue weighted by Crippen LogP contribution is -2.61. The Balaban J connectivity index is 1.67. The number of carbonyl (C=O) groups is 2. The highest BCUT2D eigenvalue weighted by Gasteiger charge is 2.60. The van der Waals surface area contributed by atoms with E-state index in [0.29, 0.717) is 30.1 Å². The highest BCUT2D eigenvalue weighted by Crippen LogP contribution is 2.64. The van der Waals surface area contributed by atoms with E-state index in [4.69, 9.17) is 5.73 Å². The first kappa shape index (κ1) is 16.6. The molecule has 134 valence electrons. The Morgan fingerprint density at radius 2 is 1.64 bits per heavy atom. The summed E-state index contributed by atoms with van der Waals surface area (Å²) in [6.45, 7) is -0.108. The fourth-order valence-electron chi connectivity index (χ4n) is 6.09. The number of hydrogen-bond donors (Lipinski definition) is 3. The molecule has 4 aliphatic carbocycles. The van der Waals surface area contributed by atoms with Gasteiger partial charge in [-0.3, -0.25) is 9.59 Å². The third kappa shape index (κ3) is 2.65. The van der Waals surface area contributed by atoms with Crippen LogP contribution in [0, 0.1) is 23.7 Å². The molecule has 4 bridgehead atoms. The molecule has 0 saturated heterocycles. The van der Waals surface area contributed by atoms with Crippen molar-refractivity contribution in [2.45, 2.75) is 43.6 Å². The Hall–Kier alpha value is -1.88.